The van der Waals surface area contributed by atoms with Gasteiger partial charge in [-0.25, -0.2) is 8.42 Å². The van der Waals surface area contributed by atoms with Gasteiger partial charge in [0.2, 0.25) is 5.91 Å². The zero-order chi connectivity index (χ0) is 19.2. The monoisotopic (exact) mass is 376 g/mol. The minimum absolute atomic E-state index is 0.00417. The summed E-state index contributed by atoms with van der Waals surface area (Å²) in [4.78, 5) is 12.2. The number of anilines is 1. The number of rotatable bonds is 8. The first-order valence-corrected chi connectivity index (χ1v) is 9.83. The summed E-state index contributed by atoms with van der Waals surface area (Å²) in [5, 5.41) is 11.6. The summed E-state index contributed by atoms with van der Waals surface area (Å²) < 4.78 is 27.4. The Balaban J connectivity index is 2.27. The van der Waals surface area contributed by atoms with E-state index < -0.39 is 10.0 Å². The van der Waals surface area contributed by atoms with Crippen LogP contribution in [0.3, 0.4) is 0 Å². The highest BCUT2D eigenvalue weighted by Gasteiger charge is 2.25. The average molecular weight is 376 g/mol. The Bertz CT molecular complexity index is 820. The lowest BCUT2D eigenvalue weighted by atomic mass is 10.2. The van der Waals surface area contributed by atoms with Gasteiger partial charge in [-0.15, -0.1) is 0 Å². The largest absolute Gasteiger partial charge is 0.394 e. The molecule has 0 aliphatic heterocycles. The Morgan fingerprint density at radius 3 is 2.31 bits per heavy atom. The third kappa shape index (κ3) is 5.06. The standard InChI is InChI=1S/C19H24N2O4S/c1-15-8-10-18(11-9-15)26(24,25)21(17-6-4-3-5-7-17)13-12-19(23)20-16(2)14-22/h3-11,16,22H,12-14H2,1-2H3,(H,20,23)/t16-/m1/s1. The highest BCUT2D eigenvalue weighted by Crippen LogP contribution is 2.24. The zero-order valence-corrected chi connectivity index (χ0v) is 15.7. The predicted molar refractivity (Wildman–Crippen MR) is 101 cm³/mol. The zero-order valence-electron chi connectivity index (χ0n) is 14.9. The number of carbonyl (C=O) groups is 1. The van der Waals surface area contributed by atoms with Crippen LogP contribution in [-0.4, -0.2) is 38.6 Å². The number of nitrogens with one attached hydrogen (secondary N) is 1. The summed E-state index contributed by atoms with van der Waals surface area (Å²) in [5.41, 5.74) is 1.46. The molecule has 0 spiro atoms. The molecule has 7 heteroatoms. The number of hydrogen-bond donors (Lipinski definition) is 2. The molecule has 0 bridgehead atoms. The second-order valence-electron chi connectivity index (χ2n) is 6.13. The van der Waals surface area contributed by atoms with Gasteiger partial charge in [-0.3, -0.25) is 9.10 Å². The van der Waals surface area contributed by atoms with Crippen molar-refractivity contribution in [1.82, 2.24) is 5.32 Å². The molecule has 2 rings (SSSR count). The van der Waals surface area contributed by atoms with Crippen molar-refractivity contribution in [3.63, 3.8) is 0 Å². The number of hydrogen-bond acceptors (Lipinski definition) is 4. The van der Waals surface area contributed by atoms with Crippen molar-refractivity contribution in [3.8, 4) is 0 Å². The van der Waals surface area contributed by atoms with Crippen LogP contribution in [-0.2, 0) is 14.8 Å². The average Bonchev–Trinajstić information content (AvgIpc) is 2.62. The maximum absolute atomic E-state index is 13.1. The van der Waals surface area contributed by atoms with Gasteiger partial charge in [-0.1, -0.05) is 35.9 Å². The number of benzene rings is 2. The summed E-state index contributed by atoms with van der Waals surface area (Å²) in [6, 6.07) is 14.9. The Labute approximate surface area is 154 Å². The van der Waals surface area contributed by atoms with Crippen LogP contribution in [0.15, 0.2) is 59.5 Å². The highest BCUT2D eigenvalue weighted by molar-refractivity contribution is 7.92. The summed E-state index contributed by atoms with van der Waals surface area (Å²) in [5.74, 6) is -0.313. The molecular formula is C19H24N2O4S. The van der Waals surface area contributed by atoms with Gasteiger partial charge in [0.15, 0.2) is 0 Å². The summed E-state index contributed by atoms with van der Waals surface area (Å²) in [6.07, 6.45) is -0.00960. The SMILES string of the molecule is Cc1ccc(S(=O)(=O)N(CCC(=O)N[C@H](C)CO)c2ccccc2)cc1. The first-order chi connectivity index (χ1) is 12.3. The number of nitrogens with zero attached hydrogens (tertiary/aromatic N) is 1. The molecule has 2 aromatic rings. The molecule has 0 unspecified atom stereocenters. The first kappa shape index (κ1) is 19.9. The van der Waals surface area contributed by atoms with Crippen LogP contribution in [0, 0.1) is 6.92 Å². The Kier molecular flexibility index (Phi) is 6.76. The molecule has 1 amide bonds. The maximum atomic E-state index is 13.1. The topological polar surface area (TPSA) is 86.7 Å². The molecule has 2 N–H and O–H groups in total. The van der Waals surface area contributed by atoms with Crippen LogP contribution in [0.5, 0.6) is 0 Å². The number of sulfonamides is 1. The number of amides is 1. The number of aliphatic hydroxyl groups is 1. The molecule has 0 saturated carbocycles. The summed E-state index contributed by atoms with van der Waals surface area (Å²) in [7, 11) is -3.80. The van der Waals surface area contributed by atoms with Crippen LogP contribution < -0.4 is 9.62 Å². The van der Waals surface area contributed by atoms with Gasteiger partial charge in [-0.2, -0.15) is 0 Å². The molecule has 0 radical (unpaired) electrons. The van der Waals surface area contributed by atoms with E-state index >= 15 is 0 Å². The van der Waals surface area contributed by atoms with Gasteiger partial charge in [0.1, 0.15) is 0 Å². The molecule has 0 fully saturated rings. The number of para-hydroxylation sites is 1. The van der Waals surface area contributed by atoms with Gasteiger partial charge in [0.05, 0.1) is 17.2 Å². The fourth-order valence-corrected chi connectivity index (χ4v) is 3.88. The second kappa shape index (κ2) is 8.82. The van der Waals surface area contributed by atoms with E-state index in [0.29, 0.717) is 5.69 Å². The lowest BCUT2D eigenvalue weighted by Gasteiger charge is -2.24. The minimum atomic E-state index is -3.80. The van der Waals surface area contributed by atoms with Crippen molar-refractivity contribution >= 4 is 21.6 Å². The van der Waals surface area contributed by atoms with Crippen molar-refractivity contribution in [2.24, 2.45) is 0 Å². The van der Waals surface area contributed by atoms with E-state index in [9.17, 15) is 13.2 Å². The normalized spacial score (nSPS) is 12.4. The Morgan fingerprint density at radius 1 is 1.12 bits per heavy atom. The van der Waals surface area contributed by atoms with Gasteiger partial charge >= 0.3 is 0 Å². The van der Waals surface area contributed by atoms with E-state index in [4.69, 9.17) is 5.11 Å². The van der Waals surface area contributed by atoms with Crippen molar-refractivity contribution in [2.75, 3.05) is 17.5 Å². The molecular weight excluding hydrogens is 352 g/mol. The maximum Gasteiger partial charge on any atom is 0.264 e. The van der Waals surface area contributed by atoms with E-state index in [1.54, 1.807) is 61.5 Å². The summed E-state index contributed by atoms with van der Waals surface area (Å²) >= 11 is 0. The van der Waals surface area contributed by atoms with E-state index in [1.807, 2.05) is 6.92 Å². The van der Waals surface area contributed by atoms with E-state index in [2.05, 4.69) is 5.32 Å². The first-order valence-electron chi connectivity index (χ1n) is 8.39. The van der Waals surface area contributed by atoms with E-state index in [-0.39, 0.29) is 36.4 Å². The van der Waals surface area contributed by atoms with E-state index in [1.165, 1.54) is 4.31 Å². The summed E-state index contributed by atoms with van der Waals surface area (Å²) in [6.45, 7) is 3.40. The molecule has 0 aromatic heterocycles. The van der Waals surface area contributed by atoms with Crippen molar-refractivity contribution < 1.29 is 18.3 Å². The lowest BCUT2D eigenvalue weighted by molar-refractivity contribution is -0.121. The van der Waals surface area contributed by atoms with Gasteiger partial charge in [0, 0.05) is 19.0 Å². The third-order valence-electron chi connectivity index (χ3n) is 3.88. The highest BCUT2D eigenvalue weighted by atomic mass is 32.2. The quantitative estimate of drug-likeness (QED) is 0.738. The molecule has 0 aliphatic rings. The molecule has 6 nitrogen and oxygen atoms in total. The number of aliphatic hydroxyl groups excluding tert-OH is 1. The van der Waals surface area contributed by atoms with Crippen LogP contribution >= 0.6 is 0 Å². The second-order valence-corrected chi connectivity index (χ2v) is 7.99. The van der Waals surface area contributed by atoms with Crippen LogP contribution in [0.1, 0.15) is 18.9 Å². The van der Waals surface area contributed by atoms with Gasteiger partial charge in [0.25, 0.3) is 10.0 Å². The van der Waals surface area contributed by atoms with Gasteiger partial charge < -0.3 is 10.4 Å². The molecule has 0 aliphatic carbocycles. The third-order valence-corrected chi connectivity index (χ3v) is 5.72. The molecule has 1 atom stereocenters. The van der Waals surface area contributed by atoms with E-state index in [0.717, 1.165) is 5.56 Å². The van der Waals surface area contributed by atoms with Gasteiger partial charge in [-0.05, 0) is 38.1 Å². The number of carbonyl (C=O) groups excluding carboxylic acids is 1. The van der Waals surface area contributed by atoms with Crippen molar-refractivity contribution in [2.45, 2.75) is 31.2 Å². The Hall–Kier alpha value is -2.38. The number of aryl methyl sites for hydroxylation is 1. The molecule has 2 aromatic carbocycles. The molecule has 0 saturated heterocycles. The predicted octanol–water partition coefficient (Wildman–Crippen LogP) is 2.08. The van der Waals surface area contributed by atoms with Crippen LogP contribution in [0.4, 0.5) is 5.69 Å². The smallest absolute Gasteiger partial charge is 0.264 e. The van der Waals surface area contributed by atoms with Crippen LogP contribution in [0.2, 0.25) is 0 Å². The fourth-order valence-electron chi connectivity index (χ4n) is 2.42. The molecule has 26 heavy (non-hydrogen) atoms. The molecule has 0 heterocycles. The molecule has 140 valence electrons. The van der Waals surface area contributed by atoms with Crippen LogP contribution in [0.25, 0.3) is 0 Å². The fraction of sp³-hybridized carbons (Fsp3) is 0.316. The Morgan fingerprint density at radius 2 is 1.73 bits per heavy atom. The van der Waals surface area contributed by atoms with Crippen molar-refractivity contribution in [3.05, 3.63) is 60.2 Å². The lowest BCUT2D eigenvalue weighted by Crippen LogP contribution is -2.39. The van der Waals surface area contributed by atoms with Crippen molar-refractivity contribution in [1.29, 1.82) is 0 Å². The minimum Gasteiger partial charge on any atom is -0.394 e.